The van der Waals surface area contributed by atoms with Crippen molar-refractivity contribution in [1.29, 1.82) is 0 Å². The third-order valence-corrected chi connectivity index (χ3v) is 4.10. The van der Waals surface area contributed by atoms with Gasteiger partial charge in [0.15, 0.2) is 0 Å². The molecule has 1 saturated carbocycles. The van der Waals surface area contributed by atoms with E-state index in [4.69, 9.17) is 0 Å². The highest BCUT2D eigenvalue weighted by Crippen LogP contribution is 2.32. The molecule has 2 atom stereocenters. The van der Waals surface area contributed by atoms with Gasteiger partial charge in [-0.2, -0.15) is 0 Å². The number of aryl methyl sites for hydroxylation is 1. The molecule has 4 nitrogen and oxygen atoms in total. The Hall–Kier alpha value is -1.32. The maximum absolute atomic E-state index is 4.51. The molecule has 1 fully saturated rings. The number of hydrogen-bond donors (Lipinski definition) is 2. The van der Waals surface area contributed by atoms with Crippen molar-refractivity contribution in [3.05, 3.63) is 11.9 Å². The van der Waals surface area contributed by atoms with E-state index in [1.54, 1.807) is 0 Å². The zero-order valence-electron chi connectivity index (χ0n) is 12.5. The van der Waals surface area contributed by atoms with Crippen LogP contribution in [-0.2, 0) is 0 Å². The molecule has 4 heteroatoms. The second-order valence-electron chi connectivity index (χ2n) is 5.88. The van der Waals surface area contributed by atoms with Gasteiger partial charge < -0.3 is 10.6 Å². The summed E-state index contributed by atoms with van der Waals surface area (Å²) in [6.45, 7) is 6.59. The predicted octanol–water partition coefficient (Wildman–Crippen LogP) is 3.45. The molecule has 0 aromatic carbocycles. The number of nitrogens with zero attached hydrogens (tertiary/aromatic N) is 2. The van der Waals surface area contributed by atoms with Crippen LogP contribution < -0.4 is 10.6 Å². The summed E-state index contributed by atoms with van der Waals surface area (Å²) in [5, 5.41) is 6.73. The van der Waals surface area contributed by atoms with Crippen LogP contribution in [0.15, 0.2) is 6.07 Å². The van der Waals surface area contributed by atoms with E-state index in [9.17, 15) is 0 Å². The van der Waals surface area contributed by atoms with Gasteiger partial charge in [0.1, 0.15) is 17.5 Å². The van der Waals surface area contributed by atoms with Crippen molar-refractivity contribution < 1.29 is 0 Å². The zero-order valence-corrected chi connectivity index (χ0v) is 12.5. The number of hydrogen-bond acceptors (Lipinski definition) is 4. The molecule has 0 radical (unpaired) electrons. The Kier molecular flexibility index (Phi) is 4.61. The minimum atomic E-state index is 0.549. The first-order valence-electron chi connectivity index (χ1n) is 7.40. The maximum atomic E-state index is 4.51. The van der Waals surface area contributed by atoms with Crippen molar-refractivity contribution in [1.82, 2.24) is 9.97 Å². The predicted molar refractivity (Wildman–Crippen MR) is 80.5 cm³/mol. The Morgan fingerprint density at radius 1 is 1.16 bits per heavy atom. The molecule has 1 aliphatic rings. The number of nitrogens with one attached hydrogen (secondary N) is 2. The van der Waals surface area contributed by atoms with Crippen LogP contribution in [0.3, 0.4) is 0 Å². The van der Waals surface area contributed by atoms with Crippen molar-refractivity contribution >= 4 is 11.6 Å². The molecule has 0 spiro atoms. The Labute approximate surface area is 116 Å². The lowest BCUT2D eigenvalue weighted by atomic mass is 9.78. The molecular weight excluding hydrogens is 236 g/mol. The SMILES string of the molecule is CNc1cc(NC2CCCCC2C(C)C)nc(C)n1. The summed E-state index contributed by atoms with van der Waals surface area (Å²) >= 11 is 0. The van der Waals surface area contributed by atoms with E-state index in [2.05, 4.69) is 34.4 Å². The van der Waals surface area contributed by atoms with E-state index >= 15 is 0 Å². The summed E-state index contributed by atoms with van der Waals surface area (Å²) in [5.41, 5.74) is 0. The molecule has 19 heavy (non-hydrogen) atoms. The van der Waals surface area contributed by atoms with Crippen LogP contribution >= 0.6 is 0 Å². The van der Waals surface area contributed by atoms with Crippen molar-refractivity contribution in [2.75, 3.05) is 17.7 Å². The molecule has 2 N–H and O–H groups in total. The molecule has 0 saturated heterocycles. The second-order valence-corrected chi connectivity index (χ2v) is 5.88. The molecule has 0 aliphatic heterocycles. The van der Waals surface area contributed by atoms with E-state index in [1.807, 2.05) is 20.0 Å². The van der Waals surface area contributed by atoms with Crippen molar-refractivity contribution in [3.8, 4) is 0 Å². The molecule has 2 rings (SSSR count). The minimum absolute atomic E-state index is 0.549. The highest BCUT2D eigenvalue weighted by atomic mass is 15.1. The van der Waals surface area contributed by atoms with Gasteiger partial charge in [-0.15, -0.1) is 0 Å². The fourth-order valence-corrected chi connectivity index (χ4v) is 3.10. The summed E-state index contributed by atoms with van der Waals surface area (Å²) in [4.78, 5) is 8.84. The molecule has 1 aromatic rings. The van der Waals surface area contributed by atoms with Crippen LogP contribution in [0.5, 0.6) is 0 Å². The molecule has 0 amide bonds. The van der Waals surface area contributed by atoms with E-state index < -0.39 is 0 Å². The maximum Gasteiger partial charge on any atom is 0.132 e. The van der Waals surface area contributed by atoms with Crippen LogP contribution in [-0.4, -0.2) is 23.1 Å². The fourth-order valence-electron chi connectivity index (χ4n) is 3.10. The first-order valence-corrected chi connectivity index (χ1v) is 7.40. The van der Waals surface area contributed by atoms with Gasteiger partial charge in [-0.3, -0.25) is 0 Å². The van der Waals surface area contributed by atoms with Crippen LogP contribution in [0.1, 0.15) is 45.4 Å². The average Bonchev–Trinajstić information content (AvgIpc) is 2.38. The van der Waals surface area contributed by atoms with Crippen LogP contribution in [0.4, 0.5) is 11.6 Å². The number of rotatable bonds is 4. The molecule has 0 bridgehead atoms. The molecule has 1 heterocycles. The Balaban J connectivity index is 2.12. The van der Waals surface area contributed by atoms with Gasteiger partial charge in [-0.05, 0) is 31.6 Å². The van der Waals surface area contributed by atoms with Gasteiger partial charge in [0.25, 0.3) is 0 Å². The lowest BCUT2D eigenvalue weighted by Crippen LogP contribution is -2.35. The molecule has 2 unspecified atom stereocenters. The van der Waals surface area contributed by atoms with Crippen LogP contribution in [0.25, 0.3) is 0 Å². The first kappa shape index (κ1) is 14.1. The summed E-state index contributed by atoms with van der Waals surface area (Å²) in [6, 6.07) is 2.55. The van der Waals surface area contributed by atoms with Gasteiger partial charge >= 0.3 is 0 Å². The van der Waals surface area contributed by atoms with E-state index in [0.29, 0.717) is 6.04 Å². The number of anilines is 2. The summed E-state index contributed by atoms with van der Waals surface area (Å²) < 4.78 is 0. The van der Waals surface area contributed by atoms with Crippen molar-refractivity contribution in [2.45, 2.75) is 52.5 Å². The third-order valence-electron chi connectivity index (χ3n) is 4.10. The molecule has 106 valence electrons. The largest absolute Gasteiger partial charge is 0.373 e. The van der Waals surface area contributed by atoms with E-state index in [0.717, 1.165) is 29.3 Å². The molecule has 1 aliphatic carbocycles. The fraction of sp³-hybridized carbons (Fsp3) is 0.733. The van der Waals surface area contributed by atoms with Crippen LogP contribution in [0.2, 0.25) is 0 Å². The van der Waals surface area contributed by atoms with Crippen molar-refractivity contribution in [3.63, 3.8) is 0 Å². The van der Waals surface area contributed by atoms with E-state index in [1.165, 1.54) is 25.7 Å². The molecule has 1 aromatic heterocycles. The molecular formula is C15H26N4. The van der Waals surface area contributed by atoms with E-state index in [-0.39, 0.29) is 0 Å². The minimum Gasteiger partial charge on any atom is -0.373 e. The monoisotopic (exact) mass is 262 g/mol. The number of aromatic nitrogens is 2. The summed E-state index contributed by atoms with van der Waals surface area (Å²) in [7, 11) is 1.89. The van der Waals surface area contributed by atoms with Crippen molar-refractivity contribution in [2.24, 2.45) is 11.8 Å². The summed E-state index contributed by atoms with van der Waals surface area (Å²) in [5.74, 6) is 4.12. The van der Waals surface area contributed by atoms with Crippen LogP contribution in [0, 0.1) is 18.8 Å². The topological polar surface area (TPSA) is 49.8 Å². The smallest absolute Gasteiger partial charge is 0.132 e. The van der Waals surface area contributed by atoms with Gasteiger partial charge in [-0.25, -0.2) is 9.97 Å². The van der Waals surface area contributed by atoms with Gasteiger partial charge in [0, 0.05) is 19.2 Å². The van der Waals surface area contributed by atoms with Gasteiger partial charge in [0.2, 0.25) is 0 Å². The normalized spacial score (nSPS) is 23.4. The highest BCUT2D eigenvalue weighted by Gasteiger charge is 2.27. The third kappa shape index (κ3) is 3.58. The lowest BCUT2D eigenvalue weighted by molar-refractivity contribution is 0.253. The lowest BCUT2D eigenvalue weighted by Gasteiger charge is -2.35. The zero-order chi connectivity index (χ0) is 13.8. The quantitative estimate of drug-likeness (QED) is 0.872. The van der Waals surface area contributed by atoms with Gasteiger partial charge in [0.05, 0.1) is 0 Å². The second kappa shape index (κ2) is 6.22. The Morgan fingerprint density at radius 3 is 2.53 bits per heavy atom. The van der Waals surface area contributed by atoms with Gasteiger partial charge in [-0.1, -0.05) is 26.7 Å². The summed E-state index contributed by atoms with van der Waals surface area (Å²) in [6.07, 6.45) is 5.27. The Morgan fingerprint density at radius 2 is 1.84 bits per heavy atom. The Bertz CT molecular complexity index is 417. The first-order chi connectivity index (χ1) is 9.10. The standard InChI is InChI=1S/C15H26N4/c1-10(2)12-7-5-6-8-13(12)19-15-9-14(16-4)17-11(3)18-15/h9-10,12-13H,5-8H2,1-4H3,(H2,16,17,18,19). The average molecular weight is 262 g/mol. The highest BCUT2D eigenvalue weighted by molar-refractivity contribution is 5.47.